The molecule has 0 spiro atoms. The van der Waals surface area contributed by atoms with Crippen molar-refractivity contribution >= 4 is 23.1 Å². The Hall–Kier alpha value is -1.07. The summed E-state index contributed by atoms with van der Waals surface area (Å²) in [7, 11) is 0. The molecule has 2 rings (SSSR count). The van der Waals surface area contributed by atoms with E-state index in [4.69, 9.17) is 27.8 Å². The molecule has 1 fully saturated rings. The molecule has 1 aromatic heterocycles. The van der Waals surface area contributed by atoms with Crippen molar-refractivity contribution in [1.29, 1.82) is 0 Å². The molecule has 0 aromatic carbocycles. The summed E-state index contributed by atoms with van der Waals surface area (Å²) in [6.45, 7) is 0.732. The second-order valence-corrected chi connectivity index (χ2v) is 3.53. The molecule has 14 heavy (non-hydrogen) atoms. The van der Waals surface area contributed by atoms with Gasteiger partial charge >= 0.3 is 0 Å². The Morgan fingerprint density at radius 1 is 1.36 bits per heavy atom. The average molecular weight is 215 g/mol. The van der Waals surface area contributed by atoms with Gasteiger partial charge in [0.05, 0.1) is 0 Å². The lowest BCUT2D eigenvalue weighted by Crippen LogP contribution is -2.08. The minimum atomic E-state index is -0.0876. The number of rotatable bonds is 1. The zero-order valence-electron chi connectivity index (χ0n) is 7.53. The van der Waals surface area contributed by atoms with E-state index >= 15 is 0 Å². The number of ether oxygens (including phenoxy) is 1. The van der Waals surface area contributed by atoms with Crippen LogP contribution in [0.1, 0.15) is 24.8 Å². The van der Waals surface area contributed by atoms with Crippen molar-refractivity contribution in [3.63, 3.8) is 0 Å². The van der Waals surface area contributed by atoms with Gasteiger partial charge in [-0.3, -0.25) is 0 Å². The van der Waals surface area contributed by atoms with E-state index in [9.17, 15) is 0 Å². The third-order valence-corrected chi connectivity index (χ3v) is 2.45. The van der Waals surface area contributed by atoms with E-state index in [0.29, 0.717) is 5.82 Å². The highest BCUT2D eigenvalue weighted by Crippen LogP contribution is 2.29. The predicted octanol–water partition coefficient (Wildman–Crippen LogP) is 1.15. The molecule has 5 nitrogen and oxygen atoms in total. The fourth-order valence-corrected chi connectivity index (χ4v) is 1.58. The zero-order chi connectivity index (χ0) is 10.1. The third kappa shape index (κ3) is 1.60. The number of anilines is 2. The van der Waals surface area contributed by atoms with E-state index in [1.807, 2.05) is 0 Å². The highest BCUT2D eigenvalue weighted by Gasteiger charge is 2.22. The molecule has 1 unspecified atom stereocenters. The van der Waals surface area contributed by atoms with Gasteiger partial charge in [-0.05, 0) is 12.8 Å². The van der Waals surface area contributed by atoms with Crippen molar-refractivity contribution in [3.8, 4) is 0 Å². The van der Waals surface area contributed by atoms with Crippen molar-refractivity contribution in [2.24, 2.45) is 0 Å². The topological polar surface area (TPSA) is 87.0 Å². The molecular formula is C8H11ClN4O. The first-order chi connectivity index (χ1) is 6.68. The van der Waals surface area contributed by atoms with Gasteiger partial charge in [-0.25, -0.2) is 9.97 Å². The molecule has 0 bridgehead atoms. The minimum absolute atomic E-state index is 0.0876. The smallest absolute Gasteiger partial charge is 0.161 e. The summed E-state index contributed by atoms with van der Waals surface area (Å²) in [4.78, 5) is 8.09. The predicted molar refractivity (Wildman–Crippen MR) is 53.8 cm³/mol. The maximum absolute atomic E-state index is 5.79. The second-order valence-electron chi connectivity index (χ2n) is 3.17. The second kappa shape index (κ2) is 3.59. The summed E-state index contributed by atoms with van der Waals surface area (Å²) in [6, 6.07) is 0. The molecule has 0 aliphatic carbocycles. The Balaban J connectivity index is 2.34. The molecule has 6 heteroatoms. The Labute approximate surface area is 86.4 Å². The van der Waals surface area contributed by atoms with Crippen LogP contribution in [0.25, 0.3) is 0 Å². The fraction of sp³-hybridized carbons (Fsp3) is 0.500. The van der Waals surface area contributed by atoms with Gasteiger partial charge in [0.1, 0.15) is 11.8 Å². The van der Waals surface area contributed by atoms with Crippen LogP contribution in [0.3, 0.4) is 0 Å². The van der Waals surface area contributed by atoms with E-state index in [2.05, 4.69) is 9.97 Å². The van der Waals surface area contributed by atoms with Crippen molar-refractivity contribution in [2.75, 3.05) is 18.1 Å². The van der Waals surface area contributed by atoms with Crippen LogP contribution in [0.5, 0.6) is 0 Å². The monoisotopic (exact) mass is 214 g/mol. The van der Waals surface area contributed by atoms with Gasteiger partial charge < -0.3 is 16.2 Å². The van der Waals surface area contributed by atoms with E-state index in [0.717, 1.165) is 19.4 Å². The number of nitrogen functional groups attached to an aromatic ring is 2. The first-order valence-electron chi connectivity index (χ1n) is 4.38. The van der Waals surface area contributed by atoms with Gasteiger partial charge in [0.15, 0.2) is 16.8 Å². The lowest BCUT2D eigenvalue weighted by Gasteiger charge is -2.09. The SMILES string of the molecule is Nc1nc(C2CCCO2)nc(Cl)c1N. The zero-order valence-corrected chi connectivity index (χ0v) is 8.29. The van der Waals surface area contributed by atoms with Gasteiger partial charge in [-0.15, -0.1) is 0 Å². The van der Waals surface area contributed by atoms with Crippen LogP contribution in [0, 0.1) is 0 Å². The summed E-state index contributed by atoms with van der Waals surface area (Å²) < 4.78 is 5.41. The first-order valence-corrected chi connectivity index (χ1v) is 4.76. The third-order valence-electron chi connectivity index (χ3n) is 2.16. The number of hydrogen-bond acceptors (Lipinski definition) is 5. The average Bonchev–Trinajstić information content (AvgIpc) is 2.66. The van der Waals surface area contributed by atoms with Crippen molar-refractivity contribution in [1.82, 2.24) is 9.97 Å². The lowest BCUT2D eigenvalue weighted by atomic mass is 10.2. The molecule has 2 heterocycles. The van der Waals surface area contributed by atoms with E-state index in [1.165, 1.54) is 0 Å². The van der Waals surface area contributed by atoms with Gasteiger partial charge in [-0.2, -0.15) is 0 Å². The summed E-state index contributed by atoms with van der Waals surface area (Å²) in [5.41, 5.74) is 11.3. The molecular weight excluding hydrogens is 204 g/mol. The number of nitrogens with zero attached hydrogens (tertiary/aromatic N) is 2. The maximum atomic E-state index is 5.79. The van der Waals surface area contributed by atoms with Crippen LogP contribution in [-0.4, -0.2) is 16.6 Å². The fourth-order valence-electron chi connectivity index (χ4n) is 1.40. The minimum Gasteiger partial charge on any atom is -0.393 e. The van der Waals surface area contributed by atoms with Crippen molar-refractivity contribution in [3.05, 3.63) is 11.0 Å². The Bertz CT molecular complexity index is 328. The molecule has 1 aliphatic heterocycles. The molecule has 1 atom stereocenters. The molecule has 1 aromatic rings. The first kappa shape index (κ1) is 9.48. The Morgan fingerprint density at radius 2 is 2.14 bits per heavy atom. The number of halogens is 1. The lowest BCUT2D eigenvalue weighted by molar-refractivity contribution is 0.105. The highest BCUT2D eigenvalue weighted by molar-refractivity contribution is 6.32. The quantitative estimate of drug-likeness (QED) is 0.685. The standard InChI is InChI=1S/C8H11ClN4O/c9-6-5(10)7(11)13-8(12-6)4-2-1-3-14-4/h4H,1-3,10H2,(H2,11,12,13). The van der Waals surface area contributed by atoms with Crippen LogP contribution in [0.15, 0.2) is 0 Å². The number of aromatic nitrogens is 2. The van der Waals surface area contributed by atoms with E-state index < -0.39 is 0 Å². The summed E-state index contributed by atoms with van der Waals surface area (Å²) in [5, 5.41) is 0.197. The van der Waals surface area contributed by atoms with Crippen LogP contribution < -0.4 is 11.5 Å². The Morgan fingerprint density at radius 3 is 2.71 bits per heavy atom. The van der Waals surface area contributed by atoms with Crippen LogP contribution in [-0.2, 0) is 4.74 Å². The molecule has 1 aliphatic rings. The molecule has 1 saturated heterocycles. The molecule has 0 radical (unpaired) electrons. The van der Waals surface area contributed by atoms with Gasteiger partial charge in [0.2, 0.25) is 0 Å². The largest absolute Gasteiger partial charge is 0.393 e. The maximum Gasteiger partial charge on any atom is 0.161 e. The summed E-state index contributed by atoms with van der Waals surface area (Å²) in [5.74, 6) is 0.745. The van der Waals surface area contributed by atoms with Crippen LogP contribution in [0.4, 0.5) is 11.5 Å². The van der Waals surface area contributed by atoms with Gasteiger partial charge in [-0.1, -0.05) is 11.6 Å². The summed E-state index contributed by atoms with van der Waals surface area (Å²) in [6.07, 6.45) is 1.82. The molecule has 76 valence electrons. The van der Waals surface area contributed by atoms with Crippen molar-refractivity contribution < 1.29 is 4.74 Å². The number of nitrogens with two attached hydrogens (primary N) is 2. The molecule has 0 saturated carbocycles. The van der Waals surface area contributed by atoms with E-state index in [-0.39, 0.29) is 22.8 Å². The summed E-state index contributed by atoms with van der Waals surface area (Å²) >= 11 is 5.79. The molecule has 0 amide bonds. The highest BCUT2D eigenvalue weighted by atomic mass is 35.5. The number of hydrogen-bond donors (Lipinski definition) is 2. The Kier molecular flexibility index (Phi) is 2.43. The van der Waals surface area contributed by atoms with Crippen LogP contribution >= 0.6 is 11.6 Å². The molecule has 4 N–H and O–H groups in total. The van der Waals surface area contributed by atoms with Gasteiger partial charge in [0.25, 0.3) is 0 Å². The van der Waals surface area contributed by atoms with Crippen molar-refractivity contribution in [2.45, 2.75) is 18.9 Å². The van der Waals surface area contributed by atoms with Crippen LogP contribution in [0.2, 0.25) is 5.15 Å². The van der Waals surface area contributed by atoms with E-state index in [1.54, 1.807) is 0 Å². The normalized spacial score (nSPS) is 21.4. The van der Waals surface area contributed by atoms with Gasteiger partial charge in [0, 0.05) is 6.61 Å².